The van der Waals surface area contributed by atoms with Gasteiger partial charge < -0.3 is 5.73 Å². The van der Waals surface area contributed by atoms with E-state index in [2.05, 4.69) is 24.0 Å². The molecule has 1 aliphatic rings. The van der Waals surface area contributed by atoms with Crippen molar-refractivity contribution in [2.24, 2.45) is 17.1 Å². The highest BCUT2D eigenvalue weighted by Gasteiger charge is 2.48. The Morgan fingerprint density at radius 2 is 2.21 bits per heavy atom. The van der Waals surface area contributed by atoms with E-state index in [0.717, 1.165) is 16.4 Å². The number of hydrogen-bond acceptors (Lipinski definition) is 4. The van der Waals surface area contributed by atoms with Crippen LogP contribution in [0.4, 0.5) is 0 Å². The fourth-order valence-corrected chi connectivity index (χ4v) is 2.78. The minimum atomic E-state index is 0.261. The summed E-state index contributed by atoms with van der Waals surface area (Å²) in [6, 6.07) is 0.261. The van der Waals surface area contributed by atoms with E-state index >= 15 is 0 Å². The molecule has 1 heterocycles. The second kappa shape index (κ2) is 3.28. The quantitative estimate of drug-likeness (QED) is 0.829. The first kappa shape index (κ1) is 10.1. The summed E-state index contributed by atoms with van der Waals surface area (Å²) < 4.78 is 0. The molecule has 1 aliphatic carbocycles. The van der Waals surface area contributed by atoms with E-state index in [9.17, 15) is 0 Å². The lowest BCUT2D eigenvalue weighted by molar-refractivity contribution is 0.475. The number of nitrogens with zero attached hydrogens (tertiary/aromatic N) is 2. The predicted octanol–water partition coefficient (Wildman–Crippen LogP) is 1.76. The van der Waals surface area contributed by atoms with E-state index in [1.165, 1.54) is 6.42 Å². The van der Waals surface area contributed by atoms with Crippen LogP contribution in [0.5, 0.6) is 0 Å². The third-order valence-corrected chi connectivity index (χ3v) is 3.95. The van der Waals surface area contributed by atoms with Crippen LogP contribution in [-0.4, -0.2) is 16.2 Å². The molecular formula is C10H17N3S. The van der Waals surface area contributed by atoms with Gasteiger partial charge >= 0.3 is 0 Å². The molecule has 78 valence electrons. The van der Waals surface area contributed by atoms with Crippen molar-refractivity contribution >= 4 is 11.3 Å². The van der Waals surface area contributed by atoms with Gasteiger partial charge in [0.25, 0.3) is 0 Å². The van der Waals surface area contributed by atoms with Crippen LogP contribution in [0.3, 0.4) is 0 Å². The van der Waals surface area contributed by atoms with Crippen molar-refractivity contribution < 1.29 is 0 Å². The summed E-state index contributed by atoms with van der Waals surface area (Å²) in [6.07, 6.45) is 2.14. The molecule has 0 amide bonds. The molecule has 0 bridgehead atoms. The summed E-state index contributed by atoms with van der Waals surface area (Å²) in [7, 11) is 0. The molecule has 2 atom stereocenters. The lowest BCUT2D eigenvalue weighted by atomic mass is 10.0. The number of nitrogens with two attached hydrogens (primary N) is 1. The van der Waals surface area contributed by atoms with Crippen molar-refractivity contribution in [2.75, 3.05) is 0 Å². The number of aromatic nitrogens is 2. The van der Waals surface area contributed by atoms with Gasteiger partial charge in [-0.1, -0.05) is 13.8 Å². The van der Waals surface area contributed by atoms with Crippen molar-refractivity contribution in [2.45, 2.75) is 39.7 Å². The van der Waals surface area contributed by atoms with E-state index < -0.39 is 0 Å². The minimum Gasteiger partial charge on any atom is -0.327 e. The molecule has 0 saturated heterocycles. The normalized spacial score (nSPS) is 26.1. The second-order valence-electron chi connectivity index (χ2n) is 4.88. The van der Waals surface area contributed by atoms with Crippen LogP contribution in [0.25, 0.3) is 0 Å². The van der Waals surface area contributed by atoms with Crippen molar-refractivity contribution in [3.8, 4) is 0 Å². The molecule has 0 radical (unpaired) electrons. The Labute approximate surface area is 88.7 Å². The lowest BCUT2D eigenvalue weighted by Crippen LogP contribution is -2.27. The molecule has 1 aromatic heterocycles. The Hall–Kier alpha value is -0.480. The monoisotopic (exact) mass is 211 g/mol. The molecule has 0 aromatic carbocycles. The lowest BCUT2D eigenvalue weighted by Gasteiger charge is -2.10. The highest BCUT2D eigenvalue weighted by molar-refractivity contribution is 7.11. The first-order chi connectivity index (χ1) is 6.49. The topological polar surface area (TPSA) is 51.8 Å². The minimum absolute atomic E-state index is 0.261. The van der Waals surface area contributed by atoms with Gasteiger partial charge in [0.05, 0.1) is 0 Å². The van der Waals surface area contributed by atoms with E-state index in [1.807, 2.05) is 6.92 Å². The maximum Gasteiger partial charge on any atom is 0.118 e. The van der Waals surface area contributed by atoms with Crippen molar-refractivity contribution in [3.63, 3.8) is 0 Å². The summed E-state index contributed by atoms with van der Waals surface area (Å²) in [4.78, 5) is 0. The molecule has 2 N–H and O–H groups in total. The standard InChI is InChI=1S/C10H17N3S/c1-6-12-13-9(14-6)4-8(11)7-5-10(7,2)3/h7-8H,4-5,11H2,1-3H3. The summed E-state index contributed by atoms with van der Waals surface area (Å²) in [5.41, 5.74) is 6.59. The molecule has 0 spiro atoms. The average molecular weight is 211 g/mol. The molecule has 0 aliphatic heterocycles. The zero-order chi connectivity index (χ0) is 10.3. The largest absolute Gasteiger partial charge is 0.327 e. The Balaban J connectivity index is 1.93. The number of aryl methyl sites for hydroxylation is 1. The van der Waals surface area contributed by atoms with Gasteiger partial charge in [-0.3, -0.25) is 0 Å². The van der Waals surface area contributed by atoms with Crippen LogP contribution < -0.4 is 5.73 Å². The van der Waals surface area contributed by atoms with Gasteiger partial charge in [0.15, 0.2) is 0 Å². The van der Waals surface area contributed by atoms with Gasteiger partial charge in [0, 0.05) is 12.5 Å². The van der Waals surface area contributed by atoms with Crippen molar-refractivity contribution in [1.82, 2.24) is 10.2 Å². The third kappa shape index (κ3) is 1.96. The zero-order valence-electron chi connectivity index (χ0n) is 8.95. The fourth-order valence-electron chi connectivity index (χ4n) is 2.00. The maximum absolute atomic E-state index is 6.13. The highest BCUT2D eigenvalue weighted by Crippen LogP contribution is 2.53. The van der Waals surface area contributed by atoms with Gasteiger partial charge in [0.2, 0.25) is 0 Å². The Bertz CT molecular complexity index is 332. The average Bonchev–Trinajstić information content (AvgIpc) is 2.51. The Kier molecular flexibility index (Phi) is 2.35. The maximum atomic E-state index is 6.13. The molecule has 14 heavy (non-hydrogen) atoms. The molecule has 4 heteroatoms. The summed E-state index contributed by atoms with van der Waals surface area (Å²) in [5.74, 6) is 0.673. The SMILES string of the molecule is Cc1nnc(CC(N)C2CC2(C)C)s1. The summed E-state index contributed by atoms with van der Waals surface area (Å²) >= 11 is 1.66. The van der Waals surface area contributed by atoms with Crippen molar-refractivity contribution in [1.29, 1.82) is 0 Å². The van der Waals surface area contributed by atoms with Crippen LogP contribution in [0.2, 0.25) is 0 Å². The zero-order valence-corrected chi connectivity index (χ0v) is 9.77. The highest BCUT2D eigenvalue weighted by atomic mass is 32.1. The number of rotatable bonds is 3. The van der Waals surface area contributed by atoms with Gasteiger partial charge in [-0.2, -0.15) is 0 Å². The van der Waals surface area contributed by atoms with Crippen LogP contribution in [0.15, 0.2) is 0 Å². The second-order valence-corrected chi connectivity index (χ2v) is 6.15. The summed E-state index contributed by atoms with van der Waals surface area (Å²) in [5, 5.41) is 10.2. The van der Waals surface area contributed by atoms with Crippen LogP contribution in [0.1, 0.15) is 30.3 Å². The van der Waals surface area contributed by atoms with Gasteiger partial charge in [-0.25, -0.2) is 0 Å². The smallest absolute Gasteiger partial charge is 0.118 e. The Morgan fingerprint density at radius 1 is 1.57 bits per heavy atom. The molecule has 2 rings (SSSR count). The van der Waals surface area contributed by atoms with E-state index in [-0.39, 0.29) is 6.04 Å². The first-order valence-electron chi connectivity index (χ1n) is 5.03. The third-order valence-electron chi connectivity index (χ3n) is 3.08. The molecule has 1 fully saturated rings. The van der Waals surface area contributed by atoms with Crippen LogP contribution in [-0.2, 0) is 6.42 Å². The van der Waals surface area contributed by atoms with Crippen LogP contribution in [0, 0.1) is 18.3 Å². The molecule has 2 unspecified atom stereocenters. The van der Waals surface area contributed by atoms with Gasteiger partial charge in [-0.15, -0.1) is 21.5 Å². The Morgan fingerprint density at radius 3 is 2.64 bits per heavy atom. The van der Waals surface area contributed by atoms with E-state index in [0.29, 0.717) is 11.3 Å². The fraction of sp³-hybridized carbons (Fsp3) is 0.800. The predicted molar refractivity (Wildman–Crippen MR) is 58.2 cm³/mol. The van der Waals surface area contributed by atoms with Crippen LogP contribution >= 0.6 is 11.3 Å². The van der Waals surface area contributed by atoms with E-state index in [1.54, 1.807) is 11.3 Å². The van der Waals surface area contributed by atoms with Crippen molar-refractivity contribution in [3.05, 3.63) is 10.0 Å². The molecule has 1 saturated carbocycles. The molecule has 1 aromatic rings. The molecule has 3 nitrogen and oxygen atoms in total. The first-order valence-corrected chi connectivity index (χ1v) is 5.85. The van der Waals surface area contributed by atoms with Gasteiger partial charge in [0.1, 0.15) is 10.0 Å². The molecular weight excluding hydrogens is 194 g/mol. The number of hydrogen-bond donors (Lipinski definition) is 1. The summed E-state index contributed by atoms with van der Waals surface area (Å²) in [6.45, 7) is 6.54. The van der Waals surface area contributed by atoms with Gasteiger partial charge in [-0.05, 0) is 24.7 Å². The van der Waals surface area contributed by atoms with E-state index in [4.69, 9.17) is 5.73 Å².